The highest BCUT2D eigenvalue weighted by molar-refractivity contribution is 7.22. The van der Waals surface area contributed by atoms with E-state index in [4.69, 9.17) is 4.42 Å². The van der Waals surface area contributed by atoms with E-state index in [0.717, 1.165) is 10.2 Å². The summed E-state index contributed by atoms with van der Waals surface area (Å²) in [5, 5.41) is 6.26. The number of nitrogens with zero attached hydrogens (tertiary/aromatic N) is 3. The Morgan fingerprint density at radius 3 is 2.77 bits per heavy atom. The van der Waals surface area contributed by atoms with Gasteiger partial charge in [-0.25, -0.2) is 4.98 Å². The zero-order chi connectivity index (χ0) is 18.1. The van der Waals surface area contributed by atoms with Crippen LogP contribution < -0.4 is 10.4 Å². The van der Waals surface area contributed by atoms with Gasteiger partial charge in [0.2, 0.25) is 16.5 Å². The zero-order valence-corrected chi connectivity index (χ0v) is 14.6. The molecule has 0 saturated heterocycles. The molecule has 0 spiro atoms. The van der Waals surface area contributed by atoms with Crippen LogP contribution in [0.25, 0.3) is 21.2 Å². The van der Waals surface area contributed by atoms with Gasteiger partial charge in [-0.15, -0.1) is 0 Å². The number of carbonyl (C=O) groups is 1. The van der Waals surface area contributed by atoms with Gasteiger partial charge in [0.25, 0.3) is 0 Å². The second kappa shape index (κ2) is 6.53. The molecule has 128 valence electrons. The predicted octanol–water partition coefficient (Wildman–Crippen LogP) is 3.79. The summed E-state index contributed by atoms with van der Waals surface area (Å²) >= 11 is 1.35. The molecule has 0 fully saturated rings. The van der Waals surface area contributed by atoms with Gasteiger partial charge in [-0.2, -0.15) is 10.1 Å². The van der Waals surface area contributed by atoms with Gasteiger partial charge < -0.3 is 4.42 Å². The number of amides is 1. The van der Waals surface area contributed by atoms with Crippen molar-refractivity contribution < 1.29 is 9.21 Å². The lowest BCUT2D eigenvalue weighted by Gasteiger charge is -2.10. The molecule has 0 atom stereocenters. The summed E-state index contributed by atoms with van der Waals surface area (Å²) in [6, 6.07) is 14.6. The molecule has 4 aromatic rings. The van der Waals surface area contributed by atoms with Gasteiger partial charge in [-0.1, -0.05) is 35.6 Å². The average molecular weight is 363 g/mol. The largest absolute Gasteiger partial charge is 0.463 e. The fourth-order valence-corrected chi connectivity index (χ4v) is 3.49. The number of aromatic nitrogens is 1. The first-order valence-corrected chi connectivity index (χ1v) is 8.66. The molecule has 0 radical (unpaired) electrons. The van der Waals surface area contributed by atoms with Crippen LogP contribution in [0.1, 0.15) is 12.5 Å². The molecule has 2 aromatic carbocycles. The van der Waals surface area contributed by atoms with Gasteiger partial charge >= 0.3 is 0 Å². The molecule has 26 heavy (non-hydrogen) atoms. The van der Waals surface area contributed by atoms with Crippen molar-refractivity contribution in [3.63, 3.8) is 0 Å². The molecular formula is C19H13N3O3S. The van der Waals surface area contributed by atoms with Crippen LogP contribution in [0.3, 0.4) is 0 Å². The lowest BCUT2D eigenvalue weighted by atomic mass is 10.2. The lowest BCUT2D eigenvalue weighted by Crippen LogP contribution is -2.22. The number of fused-ring (bicyclic) bond motifs is 2. The summed E-state index contributed by atoms with van der Waals surface area (Å²) in [6.07, 6.45) is 2.66. The second-order valence-corrected chi connectivity index (χ2v) is 6.56. The van der Waals surface area contributed by atoms with Crippen LogP contribution >= 0.6 is 11.3 Å². The third-order valence-electron chi connectivity index (χ3n) is 3.78. The van der Waals surface area contributed by atoms with Crippen molar-refractivity contribution in [3.05, 3.63) is 70.6 Å². The quantitative estimate of drug-likeness (QED) is 0.410. The van der Waals surface area contributed by atoms with Gasteiger partial charge in [-0.3, -0.25) is 9.59 Å². The molecule has 6 nitrogen and oxygen atoms in total. The first-order chi connectivity index (χ1) is 12.6. The minimum atomic E-state index is -0.300. The Kier molecular flexibility index (Phi) is 4.06. The van der Waals surface area contributed by atoms with Crippen molar-refractivity contribution in [1.29, 1.82) is 0 Å². The first-order valence-electron chi connectivity index (χ1n) is 7.84. The molecule has 2 heterocycles. The Morgan fingerprint density at radius 1 is 1.19 bits per heavy atom. The first kappa shape index (κ1) is 16.2. The minimum Gasteiger partial charge on any atom is -0.463 e. The SMILES string of the molecule is CC(=O)N(/N=C/c1coc2ccccc2c1=O)c1nc2ccccc2s1. The van der Waals surface area contributed by atoms with Crippen molar-refractivity contribution in [1.82, 2.24) is 4.98 Å². The topological polar surface area (TPSA) is 75.8 Å². The summed E-state index contributed by atoms with van der Waals surface area (Å²) in [5.74, 6) is -0.300. The van der Waals surface area contributed by atoms with E-state index >= 15 is 0 Å². The number of rotatable bonds is 3. The predicted molar refractivity (Wildman–Crippen MR) is 103 cm³/mol. The Morgan fingerprint density at radius 2 is 1.96 bits per heavy atom. The number of thiazole rings is 1. The van der Waals surface area contributed by atoms with Crippen molar-refractivity contribution in [2.75, 3.05) is 5.01 Å². The number of hydrazone groups is 1. The molecule has 0 bridgehead atoms. The Labute approximate surface area is 152 Å². The van der Waals surface area contributed by atoms with E-state index in [1.807, 2.05) is 24.3 Å². The fourth-order valence-electron chi connectivity index (χ4n) is 2.52. The van der Waals surface area contributed by atoms with Crippen LogP contribution in [0.2, 0.25) is 0 Å². The van der Waals surface area contributed by atoms with Gasteiger partial charge in [0.05, 0.1) is 27.4 Å². The molecule has 2 aromatic heterocycles. The van der Waals surface area contributed by atoms with E-state index in [1.165, 1.54) is 35.7 Å². The molecule has 0 aliphatic rings. The number of hydrogen-bond acceptors (Lipinski definition) is 6. The summed E-state index contributed by atoms with van der Waals surface area (Å²) < 4.78 is 6.42. The molecule has 7 heteroatoms. The highest BCUT2D eigenvalue weighted by Crippen LogP contribution is 2.28. The maximum atomic E-state index is 12.5. The normalized spacial score (nSPS) is 11.4. The van der Waals surface area contributed by atoms with Crippen LogP contribution in [0.15, 0.2) is 69.1 Å². The van der Waals surface area contributed by atoms with Gasteiger partial charge in [0, 0.05) is 6.92 Å². The zero-order valence-electron chi connectivity index (χ0n) is 13.7. The lowest BCUT2D eigenvalue weighted by molar-refractivity contribution is -0.116. The van der Waals surface area contributed by atoms with E-state index in [2.05, 4.69) is 10.1 Å². The molecule has 0 unspecified atom stereocenters. The van der Waals surface area contributed by atoms with Crippen LogP contribution in [0.4, 0.5) is 5.13 Å². The van der Waals surface area contributed by atoms with Crippen molar-refractivity contribution in [2.24, 2.45) is 5.10 Å². The van der Waals surface area contributed by atoms with Gasteiger partial charge in [0.1, 0.15) is 11.8 Å². The van der Waals surface area contributed by atoms with E-state index in [9.17, 15) is 9.59 Å². The van der Waals surface area contributed by atoms with E-state index in [0.29, 0.717) is 16.1 Å². The molecule has 0 aliphatic heterocycles. The highest BCUT2D eigenvalue weighted by Gasteiger charge is 2.15. The van der Waals surface area contributed by atoms with Crippen molar-refractivity contribution >= 4 is 49.8 Å². The highest BCUT2D eigenvalue weighted by atomic mass is 32.1. The van der Waals surface area contributed by atoms with Crippen molar-refractivity contribution in [3.8, 4) is 0 Å². The van der Waals surface area contributed by atoms with Crippen LogP contribution in [0, 0.1) is 0 Å². The number of carbonyl (C=O) groups excluding carboxylic acids is 1. The molecule has 1 amide bonds. The second-order valence-electron chi connectivity index (χ2n) is 5.56. The molecule has 0 saturated carbocycles. The van der Waals surface area contributed by atoms with Crippen LogP contribution in [-0.2, 0) is 4.79 Å². The summed E-state index contributed by atoms with van der Waals surface area (Å²) in [7, 11) is 0. The summed E-state index contributed by atoms with van der Waals surface area (Å²) in [4.78, 5) is 29.0. The molecular weight excluding hydrogens is 350 g/mol. The third kappa shape index (κ3) is 2.89. The number of hydrogen-bond donors (Lipinski definition) is 0. The van der Waals surface area contributed by atoms with E-state index in [-0.39, 0.29) is 16.9 Å². The maximum Gasteiger partial charge on any atom is 0.246 e. The van der Waals surface area contributed by atoms with Crippen molar-refractivity contribution in [2.45, 2.75) is 6.92 Å². The van der Waals surface area contributed by atoms with Gasteiger partial charge in [-0.05, 0) is 24.3 Å². The standard InChI is InChI=1S/C19H13N3O3S/c1-12(23)22(19-21-15-7-3-5-9-17(15)26-19)20-10-13-11-25-16-8-4-2-6-14(16)18(13)24/h2-11H,1H3/b20-10+. The van der Waals surface area contributed by atoms with Crippen LogP contribution in [0.5, 0.6) is 0 Å². The third-order valence-corrected chi connectivity index (χ3v) is 4.79. The molecule has 0 aliphatic carbocycles. The summed E-state index contributed by atoms with van der Waals surface area (Å²) in [6.45, 7) is 1.40. The molecule has 4 rings (SSSR count). The maximum absolute atomic E-state index is 12.5. The summed E-state index contributed by atoms with van der Waals surface area (Å²) in [5.41, 5.74) is 1.35. The Bertz CT molecular complexity index is 1180. The Balaban J connectivity index is 1.74. The number of para-hydroxylation sites is 2. The van der Waals surface area contributed by atoms with E-state index in [1.54, 1.807) is 24.3 Å². The smallest absolute Gasteiger partial charge is 0.246 e. The van der Waals surface area contributed by atoms with Gasteiger partial charge in [0.15, 0.2) is 0 Å². The fraction of sp³-hybridized carbons (Fsp3) is 0.0526. The van der Waals surface area contributed by atoms with E-state index < -0.39 is 0 Å². The number of benzene rings is 2. The number of anilines is 1. The minimum absolute atomic E-state index is 0.205. The average Bonchev–Trinajstić information content (AvgIpc) is 3.07. The Hall–Kier alpha value is -3.32. The monoisotopic (exact) mass is 363 g/mol. The molecule has 0 N–H and O–H groups in total. The van der Waals surface area contributed by atoms with Crippen LogP contribution in [-0.4, -0.2) is 17.1 Å².